The number of aryl methyl sites for hydroxylation is 1. The maximum absolute atomic E-state index is 5.81. The first kappa shape index (κ1) is 14.5. The van der Waals surface area contributed by atoms with Crippen LogP contribution in [0.15, 0.2) is 6.33 Å². The quantitative estimate of drug-likeness (QED) is 0.818. The van der Waals surface area contributed by atoms with Gasteiger partial charge >= 0.3 is 0 Å². The molecule has 1 atom stereocenters. The van der Waals surface area contributed by atoms with E-state index in [2.05, 4.69) is 42.7 Å². The Labute approximate surface area is 116 Å². The molecule has 1 aromatic heterocycles. The molecule has 19 heavy (non-hydrogen) atoms. The SMILES string of the molecule is CCN(Cc1ncnn1CC)[C@@H]1CCOC(C)(C)C1. The van der Waals surface area contributed by atoms with Crippen LogP contribution >= 0.6 is 0 Å². The highest BCUT2D eigenvalue weighted by molar-refractivity contribution is 4.89. The van der Waals surface area contributed by atoms with Crippen molar-refractivity contribution < 1.29 is 4.74 Å². The molecule has 0 aromatic carbocycles. The van der Waals surface area contributed by atoms with E-state index in [1.54, 1.807) is 6.33 Å². The summed E-state index contributed by atoms with van der Waals surface area (Å²) in [5, 5.41) is 4.25. The standard InChI is InChI=1S/C14H26N4O/c1-5-17(10-13-15-11-16-18(13)6-2)12-7-8-19-14(3,4)9-12/h11-12H,5-10H2,1-4H3/t12-/m1/s1. The van der Waals surface area contributed by atoms with E-state index in [9.17, 15) is 0 Å². The van der Waals surface area contributed by atoms with Crippen LogP contribution in [0.25, 0.3) is 0 Å². The molecule has 1 aromatic rings. The Morgan fingerprint density at radius 3 is 2.89 bits per heavy atom. The van der Waals surface area contributed by atoms with Gasteiger partial charge < -0.3 is 4.74 Å². The summed E-state index contributed by atoms with van der Waals surface area (Å²) in [5.74, 6) is 1.06. The summed E-state index contributed by atoms with van der Waals surface area (Å²) in [6.07, 6.45) is 3.85. The van der Waals surface area contributed by atoms with Crippen molar-refractivity contribution in [3.8, 4) is 0 Å². The van der Waals surface area contributed by atoms with Crippen molar-refractivity contribution in [1.29, 1.82) is 0 Å². The molecule has 108 valence electrons. The van der Waals surface area contributed by atoms with Crippen LogP contribution in [0, 0.1) is 0 Å². The van der Waals surface area contributed by atoms with Gasteiger partial charge in [0.05, 0.1) is 12.1 Å². The molecule has 0 aliphatic carbocycles. The minimum atomic E-state index is -0.00519. The van der Waals surface area contributed by atoms with E-state index < -0.39 is 0 Å². The third-order valence-corrected chi connectivity index (χ3v) is 3.93. The van der Waals surface area contributed by atoms with Crippen molar-refractivity contribution in [2.75, 3.05) is 13.2 Å². The lowest BCUT2D eigenvalue weighted by Gasteiger charge is -2.40. The Morgan fingerprint density at radius 1 is 1.47 bits per heavy atom. The lowest BCUT2D eigenvalue weighted by atomic mass is 9.93. The molecule has 1 saturated heterocycles. The van der Waals surface area contributed by atoms with Crippen LogP contribution in [0.3, 0.4) is 0 Å². The van der Waals surface area contributed by atoms with Gasteiger partial charge in [-0.15, -0.1) is 0 Å². The van der Waals surface area contributed by atoms with Gasteiger partial charge in [-0.2, -0.15) is 5.10 Å². The summed E-state index contributed by atoms with van der Waals surface area (Å²) in [7, 11) is 0. The zero-order valence-corrected chi connectivity index (χ0v) is 12.6. The van der Waals surface area contributed by atoms with Gasteiger partial charge in [0.1, 0.15) is 12.2 Å². The molecule has 0 radical (unpaired) electrons. The molecule has 0 amide bonds. The van der Waals surface area contributed by atoms with Crippen molar-refractivity contribution in [2.24, 2.45) is 0 Å². The van der Waals surface area contributed by atoms with Gasteiger partial charge in [-0.25, -0.2) is 9.67 Å². The first-order chi connectivity index (χ1) is 9.05. The summed E-state index contributed by atoms with van der Waals surface area (Å²) < 4.78 is 7.79. The first-order valence-electron chi connectivity index (χ1n) is 7.30. The third kappa shape index (κ3) is 3.54. The molecule has 1 fully saturated rings. The second-order valence-corrected chi connectivity index (χ2v) is 5.81. The molecular formula is C14H26N4O. The predicted octanol–water partition coefficient (Wildman–Crippen LogP) is 2.08. The van der Waals surface area contributed by atoms with Crippen molar-refractivity contribution in [2.45, 2.75) is 65.3 Å². The molecule has 0 bridgehead atoms. The minimum Gasteiger partial charge on any atom is -0.375 e. The van der Waals surface area contributed by atoms with E-state index >= 15 is 0 Å². The zero-order valence-electron chi connectivity index (χ0n) is 12.6. The number of aromatic nitrogens is 3. The largest absolute Gasteiger partial charge is 0.375 e. The van der Waals surface area contributed by atoms with Gasteiger partial charge in [-0.1, -0.05) is 6.92 Å². The summed E-state index contributed by atoms with van der Waals surface area (Å²) in [4.78, 5) is 6.89. The molecule has 0 unspecified atom stereocenters. The monoisotopic (exact) mass is 266 g/mol. The first-order valence-corrected chi connectivity index (χ1v) is 7.30. The second-order valence-electron chi connectivity index (χ2n) is 5.81. The Morgan fingerprint density at radius 2 is 2.26 bits per heavy atom. The van der Waals surface area contributed by atoms with Crippen LogP contribution < -0.4 is 0 Å². The van der Waals surface area contributed by atoms with Crippen LogP contribution in [0.4, 0.5) is 0 Å². The third-order valence-electron chi connectivity index (χ3n) is 3.93. The highest BCUT2D eigenvalue weighted by atomic mass is 16.5. The molecule has 0 saturated carbocycles. The number of ether oxygens (including phenoxy) is 1. The fraction of sp³-hybridized carbons (Fsp3) is 0.857. The van der Waals surface area contributed by atoms with Crippen LogP contribution in [-0.4, -0.2) is 44.5 Å². The van der Waals surface area contributed by atoms with Gasteiger partial charge in [0.15, 0.2) is 0 Å². The molecule has 0 N–H and O–H groups in total. The lowest BCUT2D eigenvalue weighted by molar-refractivity contribution is -0.0842. The smallest absolute Gasteiger partial charge is 0.141 e. The maximum atomic E-state index is 5.81. The Bertz CT molecular complexity index is 402. The summed E-state index contributed by atoms with van der Waals surface area (Å²) in [5.41, 5.74) is -0.00519. The highest BCUT2D eigenvalue weighted by Gasteiger charge is 2.32. The zero-order chi connectivity index (χ0) is 13.9. The number of nitrogens with zero attached hydrogens (tertiary/aromatic N) is 4. The van der Waals surface area contributed by atoms with Crippen LogP contribution in [0.5, 0.6) is 0 Å². The fourth-order valence-corrected chi connectivity index (χ4v) is 2.87. The molecule has 2 heterocycles. The molecule has 5 nitrogen and oxygen atoms in total. The average molecular weight is 266 g/mol. The fourth-order valence-electron chi connectivity index (χ4n) is 2.87. The number of rotatable bonds is 5. The van der Waals surface area contributed by atoms with E-state index in [-0.39, 0.29) is 5.60 Å². The second kappa shape index (κ2) is 6.01. The van der Waals surface area contributed by atoms with Gasteiger partial charge in [0.25, 0.3) is 0 Å². The topological polar surface area (TPSA) is 43.2 Å². The Balaban J connectivity index is 2.04. The minimum absolute atomic E-state index is 0.00519. The van der Waals surface area contributed by atoms with Crippen molar-refractivity contribution in [3.05, 3.63) is 12.2 Å². The maximum Gasteiger partial charge on any atom is 0.141 e. The predicted molar refractivity (Wildman–Crippen MR) is 74.8 cm³/mol. The van der Waals surface area contributed by atoms with Crippen LogP contribution in [0.1, 0.15) is 46.4 Å². The molecule has 0 spiro atoms. The molecule has 1 aliphatic heterocycles. The number of hydrogen-bond acceptors (Lipinski definition) is 4. The highest BCUT2D eigenvalue weighted by Crippen LogP contribution is 2.27. The lowest BCUT2D eigenvalue weighted by Crippen LogP contribution is -2.46. The Hall–Kier alpha value is -0.940. The molecular weight excluding hydrogens is 240 g/mol. The summed E-state index contributed by atoms with van der Waals surface area (Å²) in [6.45, 7) is 12.3. The van der Waals surface area contributed by atoms with E-state index in [0.717, 1.165) is 44.9 Å². The van der Waals surface area contributed by atoms with Gasteiger partial charge in [0.2, 0.25) is 0 Å². The van der Waals surface area contributed by atoms with E-state index in [0.29, 0.717) is 6.04 Å². The number of hydrogen-bond donors (Lipinski definition) is 0. The van der Waals surface area contributed by atoms with Crippen LogP contribution in [-0.2, 0) is 17.8 Å². The van der Waals surface area contributed by atoms with E-state index in [1.165, 1.54) is 0 Å². The van der Waals surface area contributed by atoms with Gasteiger partial charge in [-0.05, 0) is 40.2 Å². The van der Waals surface area contributed by atoms with Crippen molar-refractivity contribution in [3.63, 3.8) is 0 Å². The van der Waals surface area contributed by atoms with E-state index in [4.69, 9.17) is 4.74 Å². The molecule has 5 heteroatoms. The Kier molecular flexibility index (Phi) is 4.58. The van der Waals surface area contributed by atoms with Gasteiger partial charge in [-0.3, -0.25) is 4.90 Å². The molecule has 2 rings (SSSR count). The molecule has 1 aliphatic rings. The van der Waals surface area contributed by atoms with Crippen molar-refractivity contribution >= 4 is 0 Å². The summed E-state index contributed by atoms with van der Waals surface area (Å²) >= 11 is 0. The van der Waals surface area contributed by atoms with Gasteiger partial charge in [0, 0.05) is 19.2 Å². The summed E-state index contributed by atoms with van der Waals surface area (Å²) in [6, 6.07) is 0.579. The average Bonchev–Trinajstić information content (AvgIpc) is 2.81. The van der Waals surface area contributed by atoms with E-state index in [1.807, 2.05) is 4.68 Å². The normalized spacial score (nSPS) is 22.9. The van der Waals surface area contributed by atoms with Crippen LogP contribution in [0.2, 0.25) is 0 Å². The van der Waals surface area contributed by atoms with Crippen molar-refractivity contribution in [1.82, 2.24) is 19.7 Å².